The second-order valence-electron chi connectivity index (χ2n) is 5.55. The number of aryl methyl sites for hydroxylation is 1. The summed E-state index contributed by atoms with van der Waals surface area (Å²) in [6.45, 7) is 5.45. The highest BCUT2D eigenvalue weighted by molar-refractivity contribution is 6.01. The van der Waals surface area contributed by atoms with Gasteiger partial charge in [-0.15, -0.1) is 0 Å². The molecule has 2 rings (SSSR count). The third-order valence-corrected chi connectivity index (χ3v) is 3.85. The van der Waals surface area contributed by atoms with Crippen LogP contribution in [0.2, 0.25) is 0 Å². The van der Waals surface area contributed by atoms with Gasteiger partial charge in [0, 0.05) is 12.1 Å². The van der Waals surface area contributed by atoms with Gasteiger partial charge < -0.3 is 16.4 Å². The summed E-state index contributed by atoms with van der Waals surface area (Å²) < 4.78 is 0. The number of nitro groups is 1. The van der Waals surface area contributed by atoms with E-state index >= 15 is 0 Å². The normalized spacial score (nSPS) is 21.8. The van der Waals surface area contributed by atoms with Gasteiger partial charge in [0.15, 0.2) is 0 Å². The Morgan fingerprint density at radius 3 is 2.86 bits per heavy atom. The fraction of sp³-hybridized carbons (Fsp3) is 0.500. The lowest BCUT2D eigenvalue weighted by molar-refractivity contribution is -0.384. The molecule has 0 bridgehead atoms. The third kappa shape index (κ3) is 3.30. The van der Waals surface area contributed by atoms with Crippen LogP contribution < -0.4 is 16.4 Å². The highest BCUT2D eigenvalue weighted by Gasteiger charge is 2.26. The molecule has 1 aliphatic heterocycles. The molecule has 1 aromatic carbocycles. The first-order valence-corrected chi connectivity index (χ1v) is 6.96. The van der Waals surface area contributed by atoms with Crippen molar-refractivity contribution in [2.75, 3.05) is 18.8 Å². The number of nitrogens with one attached hydrogen (secondary N) is 2. The fourth-order valence-electron chi connectivity index (χ4n) is 2.59. The van der Waals surface area contributed by atoms with E-state index in [9.17, 15) is 14.9 Å². The first-order valence-electron chi connectivity index (χ1n) is 6.96. The molecule has 2 unspecified atom stereocenters. The molecule has 1 fully saturated rings. The minimum Gasteiger partial charge on any atom is -0.393 e. The molecule has 1 saturated heterocycles. The number of rotatable bonds is 3. The van der Waals surface area contributed by atoms with Gasteiger partial charge in [0.25, 0.3) is 11.6 Å². The Bertz CT molecular complexity index is 574. The summed E-state index contributed by atoms with van der Waals surface area (Å²) in [6, 6.07) is 3.01. The molecule has 7 nitrogen and oxygen atoms in total. The summed E-state index contributed by atoms with van der Waals surface area (Å²) in [5, 5.41) is 17.2. The van der Waals surface area contributed by atoms with E-state index in [2.05, 4.69) is 17.6 Å². The fourth-order valence-corrected chi connectivity index (χ4v) is 2.59. The minimum absolute atomic E-state index is 0.0534. The second kappa shape index (κ2) is 6.09. The van der Waals surface area contributed by atoms with E-state index in [1.807, 2.05) is 0 Å². The zero-order valence-electron chi connectivity index (χ0n) is 12.2. The van der Waals surface area contributed by atoms with E-state index in [0.29, 0.717) is 11.5 Å². The quantitative estimate of drug-likeness (QED) is 0.440. The number of benzene rings is 1. The molecule has 0 spiro atoms. The number of piperidine rings is 1. The Balaban J connectivity index is 2.24. The van der Waals surface area contributed by atoms with E-state index in [1.54, 1.807) is 13.0 Å². The molecule has 1 aliphatic rings. The molecule has 0 saturated carbocycles. The number of carbonyl (C=O) groups is 1. The van der Waals surface area contributed by atoms with Gasteiger partial charge in [0.2, 0.25) is 0 Å². The van der Waals surface area contributed by atoms with Crippen LogP contribution in [0.1, 0.15) is 29.3 Å². The largest absolute Gasteiger partial charge is 0.393 e. The van der Waals surface area contributed by atoms with Crippen LogP contribution in [0.15, 0.2) is 12.1 Å². The number of nitro benzene ring substituents is 1. The molecule has 0 radical (unpaired) electrons. The zero-order valence-corrected chi connectivity index (χ0v) is 12.2. The van der Waals surface area contributed by atoms with Crippen molar-refractivity contribution in [2.24, 2.45) is 5.92 Å². The second-order valence-corrected chi connectivity index (χ2v) is 5.55. The van der Waals surface area contributed by atoms with Gasteiger partial charge in [0.05, 0.1) is 10.5 Å². The van der Waals surface area contributed by atoms with Crippen molar-refractivity contribution in [3.8, 4) is 0 Å². The Kier molecular flexibility index (Phi) is 4.42. The Morgan fingerprint density at radius 1 is 1.52 bits per heavy atom. The van der Waals surface area contributed by atoms with Crippen molar-refractivity contribution < 1.29 is 9.72 Å². The maximum Gasteiger partial charge on any atom is 0.293 e. The van der Waals surface area contributed by atoms with Crippen molar-refractivity contribution in [2.45, 2.75) is 26.3 Å². The van der Waals surface area contributed by atoms with Crippen LogP contribution in [0, 0.1) is 23.0 Å². The molecule has 0 aromatic heterocycles. The predicted molar refractivity (Wildman–Crippen MR) is 80.2 cm³/mol. The minimum atomic E-state index is -0.563. The van der Waals surface area contributed by atoms with Gasteiger partial charge in [0.1, 0.15) is 5.69 Å². The summed E-state index contributed by atoms with van der Waals surface area (Å²) in [7, 11) is 0. The summed E-state index contributed by atoms with van der Waals surface area (Å²) in [5.74, 6) is -0.0400. The molecule has 7 heteroatoms. The number of anilines is 1. The summed E-state index contributed by atoms with van der Waals surface area (Å²) >= 11 is 0. The molecule has 2 atom stereocenters. The summed E-state index contributed by atoms with van der Waals surface area (Å²) in [5.41, 5.74) is 6.29. The lowest BCUT2D eigenvalue weighted by Gasteiger charge is -2.30. The Hall–Kier alpha value is -2.15. The topological polar surface area (TPSA) is 110 Å². The van der Waals surface area contributed by atoms with Crippen molar-refractivity contribution in [3.63, 3.8) is 0 Å². The Morgan fingerprint density at radius 2 is 2.24 bits per heavy atom. The molecule has 21 heavy (non-hydrogen) atoms. The van der Waals surface area contributed by atoms with E-state index in [-0.39, 0.29) is 28.9 Å². The van der Waals surface area contributed by atoms with Crippen LogP contribution in [-0.2, 0) is 0 Å². The van der Waals surface area contributed by atoms with Gasteiger partial charge in [-0.1, -0.05) is 6.92 Å². The first-order chi connectivity index (χ1) is 9.90. The average molecular weight is 292 g/mol. The van der Waals surface area contributed by atoms with Crippen molar-refractivity contribution in [1.82, 2.24) is 10.6 Å². The van der Waals surface area contributed by atoms with Crippen LogP contribution in [-0.4, -0.2) is 30.0 Å². The number of nitrogens with two attached hydrogens (primary N) is 1. The summed E-state index contributed by atoms with van der Waals surface area (Å²) in [4.78, 5) is 22.8. The molecule has 1 heterocycles. The molecule has 0 aliphatic carbocycles. The highest BCUT2D eigenvalue weighted by Crippen LogP contribution is 2.27. The molecule has 1 amide bonds. The molecular weight excluding hydrogens is 272 g/mol. The zero-order chi connectivity index (χ0) is 15.6. The SMILES string of the molecule is Cc1cc(C(=O)NC2CCNCC2C)c(N)c([N+](=O)[O-])c1. The molecule has 114 valence electrons. The maximum absolute atomic E-state index is 12.4. The predicted octanol–water partition coefficient (Wildman–Crippen LogP) is 1.21. The number of hydrogen-bond donors (Lipinski definition) is 3. The monoisotopic (exact) mass is 292 g/mol. The molecule has 4 N–H and O–H groups in total. The summed E-state index contributed by atoms with van der Waals surface area (Å²) in [6.07, 6.45) is 0.834. The van der Waals surface area contributed by atoms with E-state index in [0.717, 1.165) is 19.5 Å². The van der Waals surface area contributed by atoms with E-state index in [1.165, 1.54) is 6.07 Å². The number of amides is 1. The van der Waals surface area contributed by atoms with Gasteiger partial charge >= 0.3 is 0 Å². The highest BCUT2D eigenvalue weighted by atomic mass is 16.6. The van der Waals surface area contributed by atoms with Crippen LogP contribution >= 0.6 is 0 Å². The maximum atomic E-state index is 12.4. The lowest BCUT2D eigenvalue weighted by atomic mass is 9.94. The van der Waals surface area contributed by atoms with Gasteiger partial charge in [-0.3, -0.25) is 14.9 Å². The number of hydrogen-bond acceptors (Lipinski definition) is 5. The van der Waals surface area contributed by atoms with Crippen molar-refractivity contribution >= 4 is 17.3 Å². The van der Waals surface area contributed by atoms with Crippen LogP contribution in [0.4, 0.5) is 11.4 Å². The number of carbonyl (C=O) groups excluding carboxylic acids is 1. The van der Waals surface area contributed by atoms with Crippen molar-refractivity contribution in [1.29, 1.82) is 0 Å². The molecular formula is C14H20N4O3. The van der Waals surface area contributed by atoms with Crippen LogP contribution in [0.25, 0.3) is 0 Å². The smallest absolute Gasteiger partial charge is 0.293 e. The molecule has 1 aromatic rings. The van der Waals surface area contributed by atoms with Crippen LogP contribution in [0.3, 0.4) is 0 Å². The number of nitrogens with zero attached hydrogens (tertiary/aromatic N) is 1. The average Bonchev–Trinajstić information content (AvgIpc) is 2.43. The number of nitrogen functional groups attached to an aromatic ring is 1. The standard InChI is InChI=1S/C14H20N4O3/c1-8-5-10(13(15)12(6-8)18(20)21)14(19)17-11-3-4-16-7-9(11)2/h5-6,9,11,16H,3-4,7,15H2,1-2H3,(H,17,19). The van der Waals surface area contributed by atoms with Gasteiger partial charge in [-0.25, -0.2) is 0 Å². The van der Waals surface area contributed by atoms with E-state index in [4.69, 9.17) is 5.73 Å². The first kappa shape index (κ1) is 15.2. The van der Waals surface area contributed by atoms with Gasteiger partial charge in [-0.2, -0.15) is 0 Å². The van der Waals surface area contributed by atoms with Crippen molar-refractivity contribution in [3.05, 3.63) is 33.4 Å². The van der Waals surface area contributed by atoms with E-state index < -0.39 is 4.92 Å². The van der Waals surface area contributed by atoms with Crippen LogP contribution in [0.5, 0.6) is 0 Å². The lowest BCUT2D eigenvalue weighted by Crippen LogP contribution is -2.48. The van der Waals surface area contributed by atoms with Gasteiger partial charge in [-0.05, 0) is 44.0 Å². The Labute approximate surface area is 123 Å². The third-order valence-electron chi connectivity index (χ3n) is 3.85.